The molecular formula is C16H17FN4O3S. The van der Waals surface area contributed by atoms with Gasteiger partial charge in [-0.05, 0) is 17.7 Å². The molecule has 0 spiro atoms. The lowest BCUT2D eigenvalue weighted by molar-refractivity contribution is -0.141. The smallest absolute Gasteiger partial charge is 0.277 e. The third-order valence-electron chi connectivity index (χ3n) is 3.79. The number of amides is 2. The molecule has 1 aromatic carbocycles. The van der Waals surface area contributed by atoms with Gasteiger partial charge in [0.2, 0.25) is 17.7 Å². The van der Waals surface area contributed by atoms with Crippen molar-refractivity contribution in [3.63, 3.8) is 0 Å². The fourth-order valence-electron chi connectivity index (χ4n) is 2.56. The summed E-state index contributed by atoms with van der Waals surface area (Å²) in [7, 11) is 0. The van der Waals surface area contributed by atoms with Crippen molar-refractivity contribution in [1.82, 2.24) is 20.4 Å². The average molecular weight is 364 g/mol. The van der Waals surface area contributed by atoms with Crippen molar-refractivity contribution in [1.29, 1.82) is 0 Å². The second kappa shape index (κ2) is 7.64. The first-order valence-electron chi connectivity index (χ1n) is 7.86. The Morgan fingerprint density at radius 1 is 1.40 bits per heavy atom. The largest absolute Gasteiger partial charge is 0.416 e. The van der Waals surface area contributed by atoms with Crippen LogP contribution in [0.5, 0.6) is 0 Å². The van der Waals surface area contributed by atoms with Gasteiger partial charge in [-0.1, -0.05) is 30.8 Å². The summed E-state index contributed by atoms with van der Waals surface area (Å²) < 4.78 is 18.5. The maximum Gasteiger partial charge on any atom is 0.277 e. The number of halogens is 1. The van der Waals surface area contributed by atoms with Gasteiger partial charge in [0.15, 0.2) is 0 Å². The Hall–Kier alpha value is -2.42. The van der Waals surface area contributed by atoms with Crippen LogP contribution >= 0.6 is 11.8 Å². The monoisotopic (exact) mass is 364 g/mol. The Labute approximate surface area is 148 Å². The van der Waals surface area contributed by atoms with Crippen LogP contribution in [0.4, 0.5) is 4.39 Å². The first-order chi connectivity index (χ1) is 12.1. The van der Waals surface area contributed by atoms with E-state index in [1.165, 1.54) is 29.2 Å². The summed E-state index contributed by atoms with van der Waals surface area (Å²) in [6.45, 7) is 2.66. The van der Waals surface area contributed by atoms with Gasteiger partial charge in [0.1, 0.15) is 11.9 Å². The van der Waals surface area contributed by atoms with Gasteiger partial charge in [-0.25, -0.2) is 4.39 Å². The van der Waals surface area contributed by atoms with E-state index in [0.29, 0.717) is 36.2 Å². The number of nitrogens with zero attached hydrogens (tertiary/aromatic N) is 3. The lowest BCUT2D eigenvalue weighted by Crippen LogP contribution is -2.52. The molecule has 132 valence electrons. The zero-order chi connectivity index (χ0) is 17.8. The van der Waals surface area contributed by atoms with Crippen LogP contribution in [0.2, 0.25) is 0 Å². The number of carbonyl (C=O) groups excluding carboxylic acids is 2. The van der Waals surface area contributed by atoms with Crippen LogP contribution in [0.15, 0.2) is 33.9 Å². The van der Waals surface area contributed by atoms with Crippen LogP contribution in [-0.2, 0) is 16.0 Å². The van der Waals surface area contributed by atoms with Crippen molar-refractivity contribution in [2.75, 3.05) is 18.8 Å². The van der Waals surface area contributed by atoms with E-state index in [-0.39, 0.29) is 17.6 Å². The molecular weight excluding hydrogens is 347 g/mol. The number of hydrogen-bond acceptors (Lipinski definition) is 6. The van der Waals surface area contributed by atoms with Gasteiger partial charge in [0.25, 0.3) is 5.22 Å². The number of benzene rings is 1. The van der Waals surface area contributed by atoms with E-state index in [4.69, 9.17) is 4.42 Å². The summed E-state index contributed by atoms with van der Waals surface area (Å²) in [5.41, 5.74) is 0.572. The highest BCUT2D eigenvalue weighted by molar-refractivity contribution is 7.99. The molecule has 0 radical (unpaired) electrons. The molecule has 2 aromatic rings. The van der Waals surface area contributed by atoms with Crippen LogP contribution in [-0.4, -0.2) is 45.8 Å². The van der Waals surface area contributed by atoms with E-state index < -0.39 is 11.9 Å². The molecule has 1 unspecified atom stereocenters. The SMILES string of the molecule is CCc1nnc(SCC(=O)N2CCNC(=O)C2c2ccc(F)cc2)o1. The van der Waals surface area contributed by atoms with Gasteiger partial charge in [-0.3, -0.25) is 9.59 Å². The molecule has 2 heterocycles. The molecule has 2 amide bonds. The van der Waals surface area contributed by atoms with Gasteiger partial charge >= 0.3 is 0 Å². The molecule has 25 heavy (non-hydrogen) atoms. The predicted octanol–water partition coefficient (Wildman–Crippen LogP) is 1.56. The maximum atomic E-state index is 13.1. The number of aryl methyl sites for hydroxylation is 1. The third-order valence-corrected chi connectivity index (χ3v) is 4.59. The summed E-state index contributed by atoms with van der Waals surface area (Å²) in [4.78, 5) is 26.4. The molecule has 1 fully saturated rings. The standard InChI is InChI=1S/C16H17FN4O3S/c1-2-12-19-20-16(24-12)25-9-13(22)21-8-7-18-15(23)14(21)10-3-5-11(17)6-4-10/h3-6,14H,2,7-9H2,1H3,(H,18,23). The van der Waals surface area contributed by atoms with E-state index in [1.807, 2.05) is 6.92 Å². The van der Waals surface area contributed by atoms with Gasteiger partial charge in [-0.15, -0.1) is 10.2 Å². The van der Waals surface area contributed by atoms with Gasteiger partial charge in [0.05, 0.1) is 5.75 Å². The first-order valence-corrected chi connectivity index (χ1v) is 8.85. The van der Waals surface area contributed by atoms with E-state index in [9.17, 15) is 14.0 Å². The summed E-state index contributed by atoms with van der Waals surface area (Å²) in [6, 6.07) is 4.82. The van der Waals surface area contributed by atoms with Crippen LogP contribution in [0.3, 0.4) is 0 Å². The molecule has 0 saturated carbocycles. The number of nitrogens with one attached hydrogen (secondary N) is 1. The van der Waals surface area contributed by atoms with Crippen LogP contribution in [0.25, 0.3) is 0 Å². The fourth-order valence-corrected chi connectivity index (χ4v) is 3.22. The van der Waals surface area contributed by atoms with Crippen LogP contribution < -0.4 is 5.32 Å². The predicted molar refractivity (Wildman–Crippen MR) is 88.3 cm³/mol. The lowest BCUT2D eigenvalue weighted by atomic mass is 10.0. The molecule has 1 aliphatic rings. The Morgan fingerprint density at radius 2 is 2.16 bits per heavy atom. The maximum absolute atomic E-state index is 13.1. The number of thioether (sulfide) groups is 1. The summed E-state index contributed by atoms with van der Waals surface area (Å²) in [5.74, 6) is -0.295. The van der Waals surface area contributed by atoms with Crippen LogP contribution in [0.1, 0.15) is 24.4 Å². The van der Waals surface area contributed by atoms with Gasteiger partial charge in [0, 0.05) is 19.5 Å². The van der Waals surface area contributed by atoms with Crippen LogP contribution in [0, 0.1) is 5.82 Å². The summed E-state index contributed by atoms with van der Waals surface area (Å²) in [6.07, 6.45) is 0.625. The molecule has 1 saturated heterocycles. The molecule has 7 nitrogen and oxygen atoms in total. The molecule has 1 atom stereocenters. The zero-order valence-corrected chi connectivity index (χ0v) is 14.4. The topological polar surface area (TPSA) is 88.3 Å². The molecule has 3 rings (SSSR count). The highest BCUT2D eigenvalue weighted by Crippen LogP contribution is 2.25. The third kappa shape index (κ3) is 3.98. The van der Waals surface area contributed by atoms with Crippen molar-refractivity contribution < 1.29 is 18.4 Å². The minimum atomic E-state index is -0.767. The first kappa shape index (κ1) is 17.4. The average Bonchev–Trinajstić information content (AvgIpc) is 3.08. The number of hydrogen-bond donors (Lipinski definition) is 1. The van der Waals surface area contributed by atoms with E-state index >= 15 is 0 Å². The minimum Gasteiger partial charge on any atom is -0.416 e. The number of aromatic nitrogens is 2. The molecule has 0 aliphatic carbocycles. The fraction of sp³-hybridized carbons (Fsp3) is 0.375. The quantitative estimate of drug-likeness (QED) is 0.810. The van der Waals surface area contributed by atoms with Crippen molar-refractivity contribution in [3.05, 3.63) is 41.5 Å². The molecule has 9 heteroatoms. The number of rotatable bonds is 5. The number of carbonyl (C=O) groups is 2. The Balaban J connectivity index is 1.71. The highest BCUT2D eigenvalue weighted by atomic mass is 32.2. The second-order valence-electron chi connectivity index (χ2n) is 5.44. The molecule has 0 bridgehead atoms. The van der Waals surface area contributed by atoms with Gasteiger partial charge in [-0.2, -0.15) is 0 Å². The molecule has 1 aliphatic heterocycles. The van der Waals surface area contributed by atoms with Crippen molar-refractivity contribution in [2.45, 2.75) is 24.6 Å². The zero-order valence-electron chi connectivity index (χ0n) is 13.6. The molecule has 1 N–H and O–H groups in total. The summed E-state index contributed by atoms with van der Waals surface area (Å²) >= 11 is 1.14. The lowest BCUT2D eigenvalue weighted by Gasteiger charge is -2.35. The van der Waals surface area contributed by atoms with Crippen molar-refractivity contribution >= 4 is 23.6 Å². The second-order valence-corrected chi connectivity index (χ2v) is 6.36. The number of piperazine rings is 1. The Bertz CT molecular complexity index is 765. The van der Waals surface area contributed by atoms with E-state index in [2.05, 4.69) is 15.5 Å². The van der Waals surface area contributed by atoms with Crippen molar-refractivity contribution in [3.8, 4) is 0 Å². The molecule has 1 aromatic heterocycles. The Morgan fingerprint density at radius 3 is 2.84 bits per heavy atom. The normalized spacial score (nSPS) is 17.4. The van der Waals surface area contributed by atoms with E-state index in [0.717, 1.165) is 11.8 Å². The van der Waals surface area contributed by atoms with Gasteiger partial charge < -0.3 is 14.6 Å². The highest BCUT2D eigenvalue weighted by Gasteiger charge is 2.34. The minimum absolute atomic E-state index is 0.0797. The van der Waals surface area contributed by atoms with Crippen molar-refractivity contribution in [2.24, 2.45) is 0 Å². The van der Waals surface area contributed by atoms with E-state index in [1.54, 1.807) is 0 Å². The Kier molecular flexibility index (Phi) is 5.32. The summed E-state index contributed by atoms with van der Waals surface area (Å²) in [5, 5.41) is 10.8.